The van der Waals surface area contributed by atoms with Gasteiger partial charge < -0.3 is 5.32 Å². The van der Waals surface area contributed by atoms with E-state index in [2.05, 4.69) is 60.6 Å². The average molecular weight is 284 g/mol. The fourth-order valence-corrected chi connectivity index (χ4v) is 3.78. The molecule has 0 saturated heterocycles. The van der Waals surface area contributed by atoms with Gasteiger partial charge in [-0.2, -0.15) is 0 Å². The summed E-state index contributed by atoms with van der Waals surface area (Å²) in [6, 6.07) is 9.01. The van der Waals surface area contributed by atoms with E-state index >= 15 is 0 Å². The molecule has 112 valence electrons. The lowest BCUT2D eigenvalue weighted by Gasteiger charge is -2.39. The molecule has 2 unspecified atom stereocenters. The van der Waals surface area contributed by atoms with Crippen molar-refractivity contribution >= 4 is 5.69 Å². The van der Waals surface area contributed by atoms with Crippen LogP contribution in [0.4, 0.5) is 5.69 Å². The van der Waals surface area contributed by atoms with Gasteiger partial charge in [0.15, 0.2) is 0 Å². The van der Waals surface area contributed by atoms with Gasteiger partial charge in [0.05, 0.1) is 5.69 Å². The van der Waals surface area contributed by atoms with Crippen LogP contribution in [0.15, 0.2) is 36.9 Å². The van der Waals surface area contributed by atoms with Crippen LogP contribution < -0.4 is 5.32 Å². The summed E-state index contributed by atoms with van der Waals surface area (Å²) in [5, 5.41) is 11.4. The predicted octanol–water partition coefficient (Wildman–Crippen LogP) is 3.89. The molecule has 1 fully saturated rings. The average Bonchev–Trinajstić information content (AvgIpc) is 2.90. The second-order valence-corrected chi connectivity index (χ2v) is 7.17. The third-order valence-electron chi connectivity index (χ3n) is 4.32. The van der Waals surface area contributed by atoms with Gasteiger partial charge in [0, 0.05) is 11.7 Å². The second-order valence-electron chi connectivity index (χ2n) is 7.17. The first-order valence-electron chi connectivity index (χ1n) is 7.73. The standard InChI is InChI=1S/C17H24N4/c1-13-7-15(10-17(2,3)9-13)20-14-5-4-6-16(8-14)21-11-18-19-12-21/h4-6,8,11-13,15,20H,7,9-10H2,1-3H3. The molecule has 4 heteroatoms. The van der Waals surface area contributed by atoms with Crippen LogP contribution in [0.25, 0.3) is 5.69 Å². The summed E-state index contributed by atoms with van der Waals surface area (Å²) >= 11 is 0. The Hall–Kier alpha value is -1.84. The van der Waals surface area contributed by atoms with Crippen LogP contribution in [-0.2, 0) is 0 Å². The minimum Gasteiger partial charge on any atom is -0.382 e. The zero-order chi connectivity index (χ0) is 14.9. The number of hydrogen-bond acceptors (Lipinski definition) is 3. The van der Waals surface area contributed by atoms with Crippen molar-refractivity contribution in [2.75, 3.05) is 5.32 Å². The molecule has 4 nitrogen and oxygen atoms in total. The summed E-state index contributed by atoms with van der Waals surface area (Å²) in [5.41, 5.74) is 2.70. The van der Waals surface area contributed by atoms with Crippen LogP contribution in [0.1, 0.15) is 40.0 Å². The monoisotopic (exact) mass is 284 g/mol. The fourth-order valence-electron chi connectivity index (χ4n) is 3.78. The van der Waals surface area contributed by atoms with Crippen molar-refractivity contribution in [2.45, 2.75) is 46.1 Å². The Bertz CT molecular complexity index is 589. The molecule has 2 atom stereocenters. The molecular formula is C17H24N4. The van der Waals surface area contributed by atoms with Gasteiger partial charge in [-0.25, -0.2) is 0 Å². The SMILES string of the molecule is CC1CC(Nc2cccc(-n3cnnc3)c2)CC(C)(C)C1. The van der Waals surface area contributed by atoms with E-state index in [0.29, 0.717) is 11.5 Å². The fraction of sp³-hybridized carbons (Fsp3) is 0.529. The molecule has 0 radical (unpaired) electrons. The zero-order valence-corrected chi connectivity index (χ0v) is 13.1. The number of nitrogens with one attached hydrogen (secondary N) is 1. The quantitative estimate of drug-likeness (QED) is 0.929. The van der Waals surface area contributed by atoms with E-state index in [1.54, 1.807) is 12.7 Å². The van der Waals surface area contributed by atoms with Gasteiger partial charge in [0.2, 0.25) is 0 Å². The highest BCUT2D eigenvalue weighted by Gasteiger charge is 2.31. The van der Waals surface area contributed by atoms with Gasteiger partial charge in [0.25, 0.3) is 0 Å². The maximum Gasteiger partial charge on any atom is 0.123 e. The minimum atomic E-state index is 0.432. The van der Waals surface area contributed by atoms with Crippen molar-refractivity contribution in [2.24, 2.45) is 11.3 Å². The van der Waals surface area contributed by atoms with Gasteiger partial charge in [0.1, 0.15) is 12.7 Å². The van der Waals surface area contributed by atoms with E-state index in [-0.39, 0.29) is 0 Å². The van der Waals surface area contributed by atoms with Crippen LogP contribution in [0.3, 0.4) is 0 Å². The lowest BCUT2D eigenvalue weighted by atomic mass is 9.70. The Morgan fingerprint density at radius 2 is 1.95 bits per heavy atom. The summed E-state index contributed by atoms with van der Waals surface area (Å²) in [7, 11) is 0. The molecule has 3 rings (SSSR count). The largest absolute Gasteiger partial charge is 0.382 e. The molecule has 0 aliphatic heterocycles. The lowest BCUT2D eigenvalue weighted by Crippen LogP contribution is -2.35. The highest BCUT2D eigenvalue weighted by molar-refractivity contribution is 5.51. The molecule has 1 aromatic carbocycles. The normalized spacial score (nSPS) is 24.7. The molecule has 1 aromatic heterocycles. The van der Waals surface area contributed by atoms with Crippen LogP contribution >= 0.6 is 0 Å². The second kappa shape index (κ2) is 5.51. The maximum atomic E-state index is 3.87. The van der Waals surface area contributed by atoms with Gasteiger partial charge in [-0.3, -0.25) is 4.57 Å². The topological polar surface area (TPSA) is 42.7 Å². The van der Waals surface area contributed by atoms with Crippen molar-refractivity contribution in [3.8, 4) is 5.69 Å². The van der Waals surface area contributed by atoms with E-state index in [0.717, 1.165) is 11.6 Å². The number of benzene rings is 1. The highest BCUT2D eigenvalue weighted by Crippen LogP contribution is 2.39. The molecule has 1 saturated carbocycles. The number of nitrogens with zero attached hydrogens (tertiary/aromatic N) is 3. The summed E-state index contributed by atoms with van der Waals surface area (Å²) in [5.74, 6) is 0.785. The molecule has 1 aliphatic rings. The van der Waals surface area contributed by atoms with Crippen molar-refractivity contribution < 1.29 is 0 Å². The Labute approximate surface area is 126 Å². The van der Waals surface area contributed by atoms with E-state index in [1.165, 1.54) is 24.9 Å². The van der Waals surface area contributed by atoms with E-state index < -0.39 is 0 Å². The Morgan fingerprint density at radius 3 is 2.67 bits per heavy atom. The van der Waals surface area contributed by atoms with Gasteiger partial charge in [-0.15, -0.1) is 10.2 Å². The van der Waals surface area contributed by atoms with Gasteiger partial charge in [-0.1, -0.05) is 26.8 Å². The molecule has 0 amide bonds. The molecule has 2 aromatic rings. The first-order chi connectivity index (χ1) is 10.0. The third-order valence-corrected chi connectivity index (χ3v) is 4.32. The molecule has 21 heavy (non-hydrogen) atoms. The first kappa shape index (κ1) is 14.1. The Kier molecular flexibility index (Phi) is 3.70. The van der Waals surface area contributed by atoms with Crippen LogP contribution in [0.2, 0.25) is 0 Å². The summed E-state index contributed by atoms with van der Waals surface area (Å²) in [6.45, 7) is 7.12. The van der Waals surface area contributed by atoms with Gasteiger partial charge >= 0.3 is 0 Å². The summed E-state index contributed by atoms with van der Waals surface area (Å²) < 4.78 is 1.93. The van der Waals surface area contributed by atoms with E-state index in [4.69, 9.17) is 0 Å². The van der Waals surface area contributed by atoms with Crippen molar-refractivity contribution in [3.63, 3.8) is 0 Å². The Morgan fingerprint density at radius 1 is 1.19 bits per heavy atom. The van der Waals surface area contributed by atoms with Crippen molar-refractivity contribution in [1.29, 1.82) is 0 Å². The van der Waals surface area contributed by atoms with Crippen LogP contribution in [0.5, 0.6) is 0 Å². The van der Waals surface area contributed by atoms with Crippen molar-refractivity contribution in [3.05, 3.63) is 36.9 Å². The lowest BCUT2D eigenvalue weighted by molar-refractivity contribution is 0.178. The number of hydrogen-bond donors (Lipinski definition) is 1. The number of rotatable bonds is 3. The summed E-state index contributed by atoms with van der Waals surface area (Å²) in [6.07, 6.45) is 7.26. The maximum absolute atomic E-state index is 3.87. The number of aromatic nitrogens is 3. The predicted molar refractivity (Wildman–Crippen MR) is 85.6 cm³/mol. The summed E-state index contributed by atoms with van der Waals surface area (Å²) in [4.78, 5) is 0. The molecule has 1 N–H and O–H groups in total. The first-order valence-corrected chi connectivity index (χ1v) is 7.73. The zero-order valence-electron chi connectivity index (χ0n) is 13.1. The molecule has 1 heterocycles. The molecule has 0 spiro atoms. The Balaban J connectivity index is 1.74. The smallest absolute Gasteiger partial charge is 0.123 e. The highest BCUT2D eigenvalue weighted by atomic mass is 15.2. The third kappa shape index (κ3) is 3.43. The molecular weight excluding hydrogens is 260 g/mol. The van der Waals surface area contributed by atoms with E-state index in [9.17, 15) is 0 Å². The van der Waals surface area contributed by atoms with Crippen LogP contribution in [-0.4, -0.2) is 20.8 Å². The molecule has 1 aliphatic carbocycles. The molecule has 0 bridgehead atoms. The van der Waals surface area contributed by atoms with Gasteiger partial charge in [-0.05, 0) is 48.8 Å². The van der Waals surface area contributed by atoms with Crippen LogP contribution in [0, 0.1) is 11.3 Å². The minimum absolute atomic E-state index is 0.432. The van der Waals surface area contributed by atoms with E-state index in [1.807, 2.05) is 4.57 Å². The van der Waals surface area contributed by atoms with Crippen molar-refractivity contribution in [1.82, 2.24) is 14.8 Å². The number of anilines is 1.